The minimum Gasteiger partial charge on any atom is -0.420 e. The second-order valence-corrected chi connectivity index (χ2v) is 6.81. The standard InChI is InChI=1S/C12H19ClOSi/c1-10(9-14-15(2)3)12-7-5-4-6-11(12)8-13/h4-7,10,15H,8-9H2,1-3H3. The predicted molar refractivity (Wildman–Crippen MR) is 69.2 cm³/mol. The van der Waals surface area contributed by atoms with Crippen molar-refractivity contribution in [2.45, 2.75) is 31.8 Å². The molecule has 0 spiro atoms. The molecule has 0 amide bonds. The second kappa shape index (κ2) is 6.31. The summed E-state index contributed by atoms with van der Waals surface area (Å²) in [5.41, 5.74) is 2.54. The first-order valence-electron chi connectivity index (χ1n) is 5.40. The van der Waals surface area contributed by atoms with Crippen molar-refractivity contribution in [3.05, 3.63) is 35.4 Å². The van der Waals surface area contributed by atoms with Gasteiger partial charge < -0.3 is 4.43 Å². The molecule has 1 rings (SSSR count). The van der Waals surface area contributed by atoms with Crippen LogP contribution in [0.3, 0.4) is 0 Å². The third kappa shape index (κ3) is 3.97. The van der Waals surface area contributed by atoms with Crippen LogP contribution in [0.2, 0.25) is 13.1 Å². The van der Waals surface area contributed by atoms with Gasteiger partial charge in [-0.2, -0.15) is 0 Å². The molecular weight excluding hydrogens is 224 g/mol. The summed E-state index contributed by atoms with van der Waals surface area (Å²) in [7, 11) is -0.908. The number of halogens is 1. The van der Waals surface area contributed by atoms with E-state index in [1.54, 1.807) is 0 Å². The van der Waals surface area contributed by atoms with Crippen molar-refractivity contribution in [1.82, 2.24) is 0 Å². The molecule has 1 unspecified atom stereocenters. The second-order valence-electron chi connectivity index (χ2n) is 4.12. The molecule has 0 heterocycles. The van der Waals surface area contributed by atoms with Crippen molar-refractivity contribution in [2.75, 3.05) is 6.61 Å². The summed E-state index contributed by atoms with van der Waals surface area (Å²) in [5, 5.41) is 0. The van der Waals surface area contributed by atoms with Crippen LogP contribution in [-0.2, 0) is 10.3 Å². The first-order chi connectivity index (χ1) is 7.15. The van der Waals surface area contributed by atoms with Crippen molar-refractivity contribution in [3.63, 3.8) is 0 Å². The zero-order valence-corrected chi connectivity index (χ0v) is 11.6. The zero-order valence-electron chi connectivity index (χ0n) is 9.66. The number of alkyl halides is 1. The molecule has 0 fully saturated rings. The predicted octanol–water partition coefficient (Wildman–Crippen LogP) is 3.53. The summed E-state index contributed by atoms with van der Waals surface area (Å²) in [6.07, 6.45) is 0. The molecule has 0 aliphatic carbocycles. The van der Waals surface area contributed by atoms with Crippen molar-refractivity contribution < 1.29 is 4.43 Å². The topological polar surface area (TPSA) is 9.23 Å². The fourth-order valence-corrected chi connectivity index (χ4v) is 2.48. The Bertz CT molecular complexity index is 301. The van der Waals surface area contributed by atoms with E-state index in [2.05, 4.69) is 38.2 Å². The smallest absolute Gasteiger partial charge is 0.170 e. The van der Waals surface area contributed by atoms with Crippen molar-refractivity contribution in [2.24, 2.45) is 0 Å². The van der Waals surface area contributed by atoms with E-state index in [-0.39, 0.29) is 0 Å². The minimum atomic E-state index is -0.908. The molecule has 0 aromatic heterocycles. The fourth-order valence-electron chi connectivity index (χ4n) is 1.56. The lowest BCUT2D eigenvalue weighted by molar-refractivity contribution is 0.302. The normalized spacial score (nSPS) is 13.1. The summed E-state index contributed by atoms with van der Waals surface area (Å²) in [6.45, 7) is 7.40. The molecule has 0 bridgehead atoms. The largest absolute Gasteiger partial charge is 0.420 e. The van der Waals surface area contributed by atoms with E-state index in [1.807, 2.05) is 6.07 Å². The van der Waals surface area contributed by atoms with Crippen LogP contribution in [0.15, 0.2) is 24.3 Å². The van der Waals surface area contributed by atoms with Crippen LogP contribution in [0.25, 0.3) is 0 Å². The molecule has 15 heavy (non-hydrogen) atoms. The molecule has 0 aliphatic heterocycles. The highest BCUT2D eigenvalue weighted by atomic mass is 35.5. The summed E-state index contributed by atoms with van der Waals surface area (Å²) >= 11 is 5.91. The Hall–Kier alpha value is -0.313. The Morgan fingerprint density at radius 3 is 2.60 bits per heavy atom. The zero-order chi connectivity index (χ0) is 11.3. The van der Waals surface area contributed by atoms with Gasteiger partial charge in [-0.1, -0.05) is 31.2 Å². The first kappa shape index (κ1) is 12.8. The summed E-state index contributed by atoms with van der Waals surface area (Å²) in [5.74, 6) is 1.02. The highest BCUT2D eigenvalue weighted by Gasteiger charge is 2.10. The van der Waals surface area contributed by atoms with Gasteiger partial charge in [-0.15, -0.1) is 11.6 Å². The van der Waals surface area contributed by atoms with Crippen LogP contribution in [0.4, 0.5) is 0 Å². The van der Waals surface area contributed by atoms with E-state index in [0.717, 1.165) is 6.61 Å². The molecule has 1 nitrogen and oxygen atoms in total. The van der Waals surface area contributed by atoms with Crippen molar-refractivity contribution in [1.29, 1.82) is 0 Å². The lowest BCUT2D eigenvalue weighted by Gasteiger charge is -2.17. The maximum Gasteiger partial charge on any atom is 0.170 e. The van der Waals surface area contributed by atoms with Gasteiger partial charge in [0.05, 0.1) is 0 Å². The molecular formula is C12H19ClOSi. The van der Waals surface area contributed by atoms with Gasteiger partial charge in [-0.3, -0.25) is 0 Å². The average molecular weight is 243 g/mol. The quantitative estimate of drug-likeness (QED) is 0.567. The van der Waals surface area contributed by atoms with Crippen LogP contribution in [0.1, 0.15) is 24.0 Å². The van der Waals surface area contributed by atoms with Crippen LogP contribution < -0.4 is 0 Å². The Morgan fingerprint density at radius 1 is 1.33 bits per heavy atom. The minimum absolute atomic E-state index is 0.440. The summed E-state index contributed by atoms with van der Waals surface area (Å²) in [4.78, 5) is 0. The van der Waals surface area contributed by atoms with Crippen LogP contribution in [0, 0.1) is 0 Å². The van der Waals surface area contributed by atoms with Gasteiger partial charge in [0.1, 0.15) is 0 Å². The molecule has 84 valence electrons. The molecule has 1 aromatic carbocycles. The number of rotatable bonds is 5. The Kier molecular flexibility index (Phi) is 5.36. The Labute approximate surface area is 99.1 Å². The third-order valence-electron chi connectivity index (χ3n) is 2.41. The van der Waals surface area contributed by atoms with Gasteiger partial charge in [0.25, 0.3) is 0 Å². The fraction of sp³-hybridized carbons (Fsp3) is 0.500. The lowest BCUT2D eigenvalue weighted by atomic mass is 9.97. The SMILES string of the molecule is CC(CO[SiH](C)C)c1ccccc1CCl. The average Bonchev–Trinajstić information content (AvgIpc) is 2.25. The van der Waals surface area contributed by atoms with E-state index in [1.165, 1.54) is 11.1 Å². The van der Waals surface area contributed by atoms with E-state index in [0.29, 0.717) is 11.8 Å². The van der Waals surface area contributed by atoms with Crippen molar-refractivity contribution >= 4 is 20.6 Å². The lowest BCUT2D eigenvalue weighted by Crippen LogP contribution is -2.14. The highest BCUT2D eigenvalue weighted by molar-refractivity contribution is 6.48. The van der Waals surface area contributed by atoms with E-state index in [9.17, 15) is 0 Å². The van der Waals surface area contributed by atoms with E-state index < -0.39 is 9.04 Å². The molecule has 0 saturated carbocycles. The van der Waals surface area contributed by atoms with Gasteiger partial charge in [-0.05, 0) is 24.2 Å². The molecule has 1 aromatic rings. The van der Waals surface area contributed by atoms with Gasteiger partial charge in [-0.25, -0.2) is 0 Å². The van der Waals surface area contributed by atoms with E-state index in [4.69, 9.17) is 16.0 Å². The van der Waals surface area contributed by atoms with Gasteiger partial charge in [0, 0.05) is 18.4 Å². The molecule has 1 atom stereocenters. The molecule has 0 saturated heterocycles. The maximum atomic E-state index is 5.91. The number of benzene rings is 1. The van der Waals surface area contributed by atoms with Crippen molar-refractivity contribution in [3.8, 4) is 0 Å². The van der Waals surface area contributed by atoms with Crippen LogP contribution >= 0.6 is 11.6 Å². The molecule has 0 radical (unpaired) electrons. The first-order valence-corrected chi connectivity index (χ1v) is 8.72. The molecule has 0 aliphatic rings. The van der Waals surface area contributed by atoms with Crippen LogP contribution in [0.5, 0.6) is 0 Å². The molecule has 0 N–H and O–H groups in total. The number of hydrogen-bond donors (Lipinski definition) is 0. The molecule has 3 heteroatoms. The summed E-state index contributed by atoms with van der Waals surface area (Å²) < 4.78 is 5.75. The maximum absolute atomic E-state index is 5.91. The van der Waals surface area contributed by atoms with Gasteiger partial charge in [0.15, 0.2) is 9.04 Å². The highest BCUT2D eigenvalue weighted by Crippen LogP contribution is 2.21. The number of hydrogen-bond acceptors (Lipinski definition) is 1. The van der Waals surface area contributed by atoms with Gasteiger partial charge >= 0.3 is 0 Å². The van der Waals surface area contributed by atoms with E-state index >= 15 is 0 Å². The summed E-state index contributed by atoms with van der Waals surface area (Å²) in [6, 6.07) is 8.33. The van der Waals surface area contributed by atoms with Crippen LogP contribution in [-0.4, -0.2) is 15.6 Å². The Morgan fingerprint density at radius 2 is 2.00 bits per heavy atom. The Balaban J connectivity index is 2.68. The third-order valence-corrected chi connectivity index (χ3v) is 3.56. The van der Waals surface area contributed by atoms with Gasteiger partial charge in [0.2, 0.25) is 0 Å². The monoisotopic (exact) mass is 242 g/mol.